The highest BCUT2D eigenvalue weighted by atomic mass is 16.1. The van der Waals surface area contributed by atoms with Gasteiger partial charge in [0.05, 0.1) is 6.57 Å². The average Bonchev–Trinajstić information content (AvgIpc) is 2.46. The first-order chi connectivity index (χ1) is 9.28. The van der Waals surface area contributed by atoms with Crippen LogP contribution in [0.3, 0.4) is 0 Å². The van der Waals surface area contributed by atoms with E-state index in [2.05, 4.69) is 9.83 Å². The minimum atomic E-state index is -0.159. The smallest absolute Gasteiger partial charge is 0.248 e. The molecule has 0 saturated carbocycles. The molecular weight excluding hydrogens is 236 g/mol. The van der Waals surface area contributed by atoms with Crippen molar-refractivity contribution >= 4 is 16.6 Å². The van der Waals surface area contributed by atoms with Crippen molar-refractivity contribution in [3.05, 3.63) is 76.4 Å². The van der Waals surface area contributed by atoms with Gasteiger partial charge in [0.25, 0.3) is 0 Å². The molecule has 0 bridgehead atoms. The van der Waals surface area contributed by atoms with Crippen LogP contribution in [0.2, 0.25) is 0 Å². The summed E-state index contributed by atoms with van der Waals surface area (Å²) >= 11 is 0. The van der Waals surface area contributed by atoms with Crippen molar-refractivity contribution in [2.45, 2.75) is 0 Å². The summed E-state index contributed by atoms with van der Waals surface area (Å²) < 4.78 is 0. The quantitative estimate of drug-likeness (QED) is 0.652. The van der Waals surface area contributed by atoms with Crippen LogP contribution in [0.15, 0.2) is 59.4 Å². The topological polar surface area (TPSA) is 37.2 Å². The third kappa shape index (κ3) is 2.00. The first kappa shape index (κ1) is 11.2. The number of benzene rings is 2. The number of H-pyrrole nitrogens is 1. The van der Waals surface area contributed by atoms with Crippen molar-refractivity contribution < 1.29 is 0 Å². The molecule has 90 valence electrons. The van der Waals surface area contributed by atoms with Crippen molar-refractivity contribution in [1.29, 1.82) is 0 Å². The van der Waals surface area contributed by atoms with Crippen LogP contribution in [0.25, 0.3) is 26.9 Å². The minimum absolute atomic E-state index is 0.159. The van der Waals surface area contributed by atoms with Gasteiger partial charge in [0.15, 0.2) is 5.69 Å². The Labute approximate surface area is 110 Å². The number of aromatic nitrogens is 1. The Morgan fingerprint density at radius 3 is 2.53 bits per heavy atom. The zero-order valence-corrected chi connectivity index (χ0v) is 10.1. The maximum absolute atomic E-state index is 11.7. The molecule has 3 rings (SSSR count). The van der Waals surface area contributed by atoms with E-state index < -0.39 is 0 Å². The van der Waals surface area contributed by atoms with Gasteiger partial charge in [-0.25, -0.2) is 4.85 Å². The third-order valence-electron chi connectivity index (χ3n) is 3.04. The lowest BCUT2D eigenvalue weighted by Crippen LogP contribution is -2.04. The van der Waals surface area contributed by atoms with Gasteiger partial charge in [-0.15, -0.1) is 0 Å². The Morgan fingerprint density at radius 1 is 1.00 bits per heavy atom. The number of rotatable bonds is 1. The number of fused-ring (bicyclic) bond motifs is 1. The minimum Gasteiger partial charge on any atom is -0.323 e. The van der Waals surface area contributed by atoms with E-state index in [0.717, 1.165) is 16.5 Å². The van der Waals surface area contributed by atoms with Gasteiger partial charge in [-0.2, -0.15) is 0 Å². The van der Waals surface area contributed by atoms with Crippen LogP contribution in [-0.2, 0) is 0 Å². The molecule has 1 N–H and O–H groups in total. The maximum Gasteiger partial charge on any atom is 0.248 e. The SMILES string of the molecule is [C-]#[N+]c1ccc2c(-c3ccccc3)cc(=O)[nH]c2c1. The monoisotopic (exact) mass is 246 g/mol. The van der Waals surface area contributed by atoms with Gasteiger partial charge < -0.3 is 4.98 Å². The van der Waals surface area contributed by atoms with Crippen molar-refractivity contribution in [1.82, 2.24) is 4.98 Å². The summed E-state index contributed by atoms with van der Waals surface area (Å²) in [6.45, 7) is 7.02. The van der Waals surface area contributed by atoms with Crippen LogP contribution in [0, 0.1) is 6.57 Å². The summed E-state index contributed by atoms with van der Waals surface area (Å²) in [6, 6.07) is 16.7. The molecule has 3 aromatic rings. The molecule has 0 saturated heterocycles. The standard InChI is InChI=1S/C16H10N2O/c1-17-12-7-8-13-14(11-5-3-2-4-6-11)10-16(19)18-15(13)9-12/h2-10H,(H,18,19). The third-order valence-corrected chi connectivity index (χ3v) is 3.04. The van der Waals surface area contributed by atoms with Gasteiger partial charge in [0.2, 0.25) is 5.56 Å². The van der Waals surface area contributed by atoms with Gasteiger partial charge in [-0.1, -0.05) is 42.5 Å². The molecule has 3 nitrogen and oxygen atoms in total. The molecule has 0 spiro atoms. The summed E-state index contributed by atoms with van der Waals surface area (Å²) in [7, 11) is 0. The van der Waals surface area contributed by atoms with Gasteiger partial charge in [-0.05, 0) is 17.2 Å². The summed E-state index contributed by atoms with van der Waals surface area (Å²) in [4.78, 5) is 17.9. The Morgan fingerprint density at radius 2 is 1.79 bits per heavy atom. The lowest BCUT2D eigenvalue weighted by atomic mass is 10.0. The summed E-state index contributed by atoms with van der Waals surface area (Å²) in [6.07, 6.45) is 0. The molecule has 0 aliphatic heterocycles. The number of aromatic amines is 1. The molecule has 0 atom stereocenters. The number of hydrogen-bond donors (Lipinski definition) is 1. The van der Waals surface area contributed by atoms with E-state index in [-0.39, 0.29) is 5.56 Å². The van der Waals surface area contributed by atoms with Gasteiger partial charge in [-0.3, -0.25) is 4.79 Å². The zero-order valence-electron chi connectivity index (χ0n) is 10.1. The molecule has 19 heavy (non-hydrogen) atoms. The van der Waals surface area contributed by atoms with Crippen LogP contribution >= 0.6 is 0 Å². The van der Waals surface area contributed by atoms with E-state index in [1.165, 1.54) is 0 Å². The average molecular weight is 246 g/mol. The molecule has 0 amide bonds. The highest BCUT2D eigenvalue weighted by Crippen LogP contribution is 2.28. The second-order valence-electron chi connectivity index (χ2n) is 4.25. The molecule has 0 aliphatic rings. The number of nitrogens with zero attached hydrogens (tertiary/aromatic N) is 1. The molecule has 1 heterocycles. The summed E-state index contributed by atoms with van der Waals surface area (Å²) in [5, 5.41) is 0.943. The number of pyridine rings is 1. The van der Waals surface area contributed by atoms with Crippen LogP contribution in [0.4, 0.5) is 5.69 Å². The molecule has 0 radical (unpaired) electrons. The molecule has 0 aliphatic carbocycles. The molecular formula is C16H10N2O. The number of nitrogens with one attached hydrogen (secondary N) is 1. The molecule has 2 aromatic carbocycles. The Balaban J connectivity index is 2.37. The normalized spacial score (nSPS) is 10.3. The van der Waals surface area contributed by atoms with Crippen LogP contribution in [-0.4, -0.2) is 4.98 Å². The fourth-order valence-electron chi connectivity index (χ4n) is 2.17. The largest absolute Gasteiger partial charge is 0.323 e. The predicted octanol–water partition coefficient (Wildman–Crippen LogP) is 3.75. The van der Waals surface area contributed by atoms with Crippen molar-refractivity contribution in [3.8, 4) is 11.1 Å². The van der Waals surface area contributed by atoms with E-state index in [1.54, 1.807) is 18.2 Å². The maximum atomic E-state index is 11.7. The predicted molar refractivity (Wildman–Crippen MR) is 76.3 cm³/mol. The van der Waals surface area contributed by atoms with E-state index in [4.69, 9.17) is 6.57 Å². The van der Waals surface area contributed by atoms with Gasteiger partial charge >= 0.3 is 0 Å². The van der Waals surface area contributed by atoms with E-state index in [1.807, 2.05) is 36.4 Å². The van der Waals surface area contributed by atoms with Crippen molar-refractivity contribution in [3.63, 3.8) is 0 Å². The molecule has 0 unspecified atom stereocenters. The second kappa shape index (κ2) is 4.43. The molecule has 0 fully saturated rings. The zero-order chi connectivity index (χ0) is 13.2. The Hall–Kier alpha value is -2.86. The lowest BCUT2D eigenvalue weighted by Gasteiger charge is -2.06. The van der Waals surface area contributed by atoms with Crippen molar-refractivity contribution in [2.24, 2.45) is 0 Å². The van der Waals surface area contributed by atoms with Crippen LogP contribution in [0.5, 0.6) is 0 Å². The highest BCUT2D eigenvalue weighted by molar-refractivity contribution is 5.95. The van der Waals surface area contributed by atoms with Gasteiger partial charge in [0.1, 0.15) is 0 Å². The molecule has 3 heteroatoms. The van der Waals surface area contributed by atoms with E-state index in [0.29, 0.717) is 11.2 Å². The molecule has 1 aromatic heterocycles. The van der Waals surface area contributed by atoms with Crippen LogP contribution in [0.1, 0.15) is 0 Å². The fourth-order valence-corrected chi connectivity index (χ4v) is 2.17. The van der Waals surface area contributed by atoms with Gasteiger partial charge in [0, 0.05) is 17.0 Å². The van der Waals surface area contributed by atoms with E-state index in [9.17, 15) is 4.79 Å². The first-order valence-corrected chi connectivity index (χ1v) is 5.88. The highest BCUT2D eigenvalue weighted by Gasteiger charge is 2.06. The first-order valence-electron chi connectivity index (χ1n) is 5.88. The van der Waals surface area contributed by atoms with Crippen molar-refractivity contribution in [2.75, 3.05) is 0 Å². The summed E-state index contributed by atoms with van der Waals surface area (Å²) in [5.74, 6) is 0. The fraction of sp³-hybridized carbons (Fsp3) is 0. The number of hydrogen-bond acceptors (Lipinski definition) is 1. The van der Waals surface area contributed by atoms with Crippen LogP contribution < -0.4 is 5.56 Å². The summed E-state index contributed by atoms with van der Waals surface area (Å²) in [5.41, 5.74) is 2.94. The Kier molecular flexibility index (Phi) is 2.62. The second-order valence-corrected chi connectivity index (χ2v) is 4.25. The van der Waals surface area contributed by atoms with E-state index >= 15 is 0 Å². The Bertz CT molecular complexity index is 842. The lowest BCUT2D eigenvalue weighted by molar-refractivity contribution is 1.31.